The van der Waals surface area contributed by atoms with Crippen LogP contribution >= 0.6 is 15.9 Å². The van der Waals surface area contributed by atoms with Crippen molar-refractivity contribution in [3.05, 3.63) is 46.5 Å². The molecule has 0 radical (unpaired) electrons. The van der Waals surface area contributed by atoms with Crippen LogP contribution in [0.15, 0.2) is 35.2 Å². The summed E-state index contributed by atoms with van der Waals surface area (Å²) in [5, 5.41) is 0. The summed E-state index contributed by atoms with van der Waals surface area (Å²) in [6, 6.07) is 3.56. The lowest BCUT2D eigenvalue weighted by molar-refractivity contribution is 0.0464. The maximum atomic E-state index is 11.8. The Morgan fingerprint density at radius 3 is 2.85 bits per heavy atom. The average molecular weight is 337 g/mol. The van der Waals surface area contributed by atoms with E-state index in [2.05, 4.69) is 25.9 Å². The standard InChI is InChI=1S/C13H9BrN2O4/c14-9-4-12-11(19-7-20-12)3-8(9)6-18-13(17)10-5-15-1-2-16-10/h1-5H,6-7H2. The summed E-state index contributed by atoms with van der Waals surface area (Å²) in [6.45, 7) is 0.303. The fourth-order valence-electron chi connectivity index (χ4n) is 1.69. The monoisotopic (exact) mass is 336 g/mol. The summed E-state index contributed by atoms with van der Waals surface area (Å²) in [4.78, 5) is 19.5. The molecule has 0 unspecified atom stereocenters. The van der Waals surface area contributed by atoms with Gasteiger partial charge in [0.2, 0.25) is 6.79 Å². The number of aromatic nitrogens is 2. The highest BCUT2D eigenvalue weighted by Crippen LogP contribution is 2.37. The number of carbonyl (C=O) groups excluding carboxylic acids is 1. The SMILES string of the molecule is O=C(OCc1cc2c(cc1Br)OCO2)c1cnccn1. The Bertz CT molecular complexity index is 648. The van der Waals surface area contributed by atoms with Gasteiger partial charge in [0.05, 0.1) is 6.20 Å². The van der Waals surface area contributed by atoms with Crippen LogP contribution in [0.2, 0.25) is 0 Å². The molecule has 2 aromatic rings. The van der Waals surface area contributed by atoms with Crippen molar-refractivity contribution in [2.24, 2.45) is 0 Å². The minimum absolute atomic E-state index is 0.104. The quantitative estimate of drug-likeness (QED) is 0.801. The van der Waals surface area contributed by atoms with Crippen LogP contribution in [0.1, 0.15) is 16.1 Å². The van der Waals surface area contributed by atoms with Crippen molar-refractivity contribution in [1.29, 1.82) is 0 Å². The molecule has 0 saturated carbocycles. The molecule has 1 aliphatic rings. The predicted molar refractivity (Wildman–Crippen MR) is 71.4 cm³/mol. The first-order valence-electron chi connectivity index (χ1n) is 5.75. The lowest BCUT2D eigenvalue weighted by atomic mass is 10.2. The van der Waals surface area contributed by atoms with Crippen molar-refractivity contribution in [2.45, 2.75) is 6.61 Å². The second-order valence-electron chi connectivity index (χ2n) is 3.96. The lowest BCUT2D eigenvalue weighted by Gasteiger charge is -2.07. The maximum Gasteiger partial charge on any atom is 0.358 e. The first-order chi connectivity index (χ1) is 9.74. The van der Waals surface area contributed by atoms with Gasteiger partial charge in [-0.1, -0.05) is 15.9 Å². The van der Waals surface area contributed by atoms with Crippen LogP contribution in [0.4, 0.5) is 0 Å². The summed E-state index contributed by atoms with van der Waals surface area (Å²) >= 11 is 3.40. The Morgan fingerprint density at radius 2 is 2.10 bits per heavy atom. The highest BCUT2D eigenvalue weighted by molar-refractivity contribution is 9.10. The van der Waals surface area contributed by atoms with Crippen molar-refractivity contribution in [1.82, 2.24) is 9.97 Å². The van der Waals surface area contributed by atoms with Gasteiger partial charge < -0.3 is 14.2 Å². The van der Waals surface area contributed by atoms with Crippen LogP contribution in [-0.4, -0.2) is 22.7 Å². The van der Waals surface area contributed by atoms with E-state index in [1.807, 2.05) is 0 Å². The van der Waals surface area contributed by atoms with E-state index in [0.29, 0.717) is 11.5 Å². The van der Waals surface area contributed by atoms with Crippen LogP contribution in [0.3, 0.4) is 0 Å². The number of benzene rings is 1. The first-order valence-corrected chi connectivity index (χ1v) is 6.54. The number of nitrogens with zero attached hydrogens (tertiary/aromatic N) is 2. The summed E-state index contributed by atoms with van der Waals surface area (Å²) in [5.41, 5.74) is 0.954. The van der Waals surface area contributed by atoms with Gasteiger partial charge in [-0.05, 0) is 12.1 Å². The van der Waals surface area contributed by atoms with Gasteiger partial charge in [-0.2, -0.15) is 0 Å². The van der Waals surface area contributed by atoms with E-state index >= 15 is 0 Å². The van der Waals surface area contributed by atoms with Gasteiger partial charge in [-0.25, -0.2) is 9.78 Å². The fourth-order valence-corrected chi connectivity index (χ4v) is 2.13. The molecule has 0 bridgehead atoms. The topological polar surface area (TPSA) is 70.5 Å². The molecule has 2 heterocycles. The molecule has 1 aliphatic heterocycles. The van der Waals surface area contributed by atoms with Gasteiger partial charge in [-0.3, -0.25) is 4.98 Å². The van der Waals surface area contributed by atoms with Crippen molar-refractivity contribution in [2.75, 3.05) is 6.79 Å². The molecule has 102 valence electrons. The molecular weight excluding hydrogens is 328 g/mol. The molecule has 0 amide bonds. The van der Waals surface area contributed by atoms with E-state index in [0.717, 1.165) is 10.0 Å². The van der Waals surface area contributed by atoms with E-state index in [4.69, 9.17) is 14.2 Å². The number of hydrogen-bond donors (Lipinski definition) is 0. The number of rotatable bonds is 3. The highest BCUT2D eigenvalue weighted by atomic mass is 79.9. The van der Waals surface area contributed by atoms with Crippen LogP contribution in [0, 0.1) is 0 Å². The van der Waals surface area contributed by atoms with Crippen molar-refractivity contribution in [3.63, 3.8) is 0 Å². The van der Waals surface area contributed by atoms with Gasteiger partial charge in [0.15, 0.2) is 17.2 Å². The molecule has 0 atom stereocenters. The minimum atomic E-state index is -0.525. The molecular formula is C13H9BrN2O4. The Labute approximate surface area is 122 Å². The van der Waals surface area contributed by atoms with Crippen molar-refractivity contribution in [3.8, 4) is 11.5 Å². The second-order valence-corrected chi connectivity index (χ2v) is 4.82. The number of halogens is 1. The third-order valence-corrected chi connectivity index (χ3v) is 3.41. The first kappa shape index (κ1) is 12.9. The molecule has 1 aromatic heterocycles. The normalized spacial score (nSPS) is 12.2. The zero-order chi connectivity index (χ0) is 13.9. The van der Waals surface area contributed by atoms with Gasteiger partial charge in [0.1, 0.15) is 6.61 Å². The molecule has 1 aromatic carbocycles. The van der Waals surface area contributed by atoms with Crippen molar-refractivity contribution >= 4 is 21.9 Å². The Morgan fingerprint density at radius 1 is 1.30 bits per heavy atom. The number of hydrogen-bond acceptors (Lipinski definition) is 6. The van der Waals surface area contributed by atoms with Gasteiger partial charge in [-0.15, -0.1) is 0 Å². The summed E-state index contributed by atoms with van der Waals surface area (Å²) < 4.78 is 16.5. The van der Waals surface area contributed by atoms with Gasteiger partial charge in [0, 0.05) is 22.4 Å². The Balaban J connectivity index is 1.71. The van der Waals surface area contributed by atoms with E-state index in [-0.39, 0.29) is 19.1 Å². The second kappa shape index (κ2) is 5.46. The Hall–Kier alpha value is -2.15. The largest absolute Gasteiger partial charge is 0.456 e. The molecule has 6 nitrogen and oxygen atoms in total. The smallest absolute Gasteiger partial charge is 0.358 e. The fraction of sp³-hybridized carbons (Fsp3) is 0.154. The molecule has 0 saturated heterocycles. The lowest BCUT2D eigenvalue weighted by Crippen LogP contribution is -2.07. The number of carbonyl (C=O) groups is 1. The molecule has 0 fully saturated rings. The zero-order valence-electron chi connectivity index (χ0n) is 10.2. The van der Waals surface area contributed by atoms with E-state index < -0.39 is 5.97 Å². The molecule has 0 spiro atoms. The molecule has 3 rings (SSSR count). The van der Waals surface area contributed by atoms with Gasteiger partial charge >= 0.3 is 5.97 Å². The maximum absolute atomic E-state index is 11.8. The third-order valence-electron chi connectivity index (χ3n) is 2.67. The molecule has 7 heteroatoms. The summed E-state index contributed by atoms with van der Waals surface area (Å²) in [5.74, 6) is 0.780. The van der Waals surface area contributed by atoms with Crippen molar-refractivity contribution < 1.29 is 19.0 Å². The third kappa shape index (κ3) is 2.57. The number of fused-ring (bicyclic) bond motifs is 1. The summed E-state index contributed by atoms with van der Waals surface area (Å²) in [7, 11) is 0. The predicted octanol–water partition coefficient (Wildman–Crippen LogP) is 2.32. The van der Waals surface area contributed by atoms with Gasteiger partial charge in [0.25, 0.3) is 0 Å². The van der Waals surface area contributed by atoms with Crippen LogP contribution < -0.4 is 9.47 Å². The van der Waals surface area contributed by atoms with Crippen LogP contribution in [-0.2, 0) is 11.3 Å². The van der Waals surface area contributed by atoms with E-state index in [1.54, 1.807) is 12.1 Å². The zero-order valence-corrected chi connectivity index (χ0v) is 11.8. The molecule has 0 aliphatic carbocycles. The van der Waals surface area contributed by atoms with E-state index in [1.165, 1.54) is 18.6 Å². The molecule has 20 heavy (non-hydrogen) atoms. The van der Waals surface area contributed by atoms with Crippen LogP contribution in [0.25, 0.3) is 0 Å². The number of esters is 1. The van der Waals surface area contributed by atoms with E-state index in [9.17, 15) is 4.79 Å². The molecule has 0 N–H and O–H groups in total. The minimum Gasteiger partial charge on any atom is -0.456 e. The highest BCUT2D eigenvalue weighted by Gasteiger charge is 2.17. The average Bonchev–Trinajstić information content (AvgIpc) is 2.92. The summed E-state index contributed by atoms with van der Waals surface area (Å²) in [6.07, 6.45) is 4.29. The number of ether oxygens (including phenoxy) is 3. The van der Waals surface area contributed by atoms with Crippen LogP contribution in [0.5, 0.6) is 11.5 Å². The Kier molecular flexibility index (Phi) is 3.51.